The maximum absolute atomic E-state index is 11.8. The van der Waals surface area contributed by atoms with Crippen LogP contribution in [-0.2, 0) is 16.4 Å². The molecule has 1 aromatic carbocycles. The van der Waals surface area contributed by atoms with Crippen LogP contribution in [0, 0.1) is 0 Å². The molecule has 1 aliphatic rings. The lowest BCUT2D eigenvalue weighted by Gasteiger charge is -2.15. The highest BCUT2D eigenvalue weighted by atomic mass is 32.2. The summed E-state index contributed by atoms with van der Waals surface area (Å²) in [4.78, 5) is 13.3. The molecule has 0 saturated carbocycles. The average molecular weight is 395 g/mol. The standard InChI is InChI=1S/C20H21N5O2S/c26-28(27)11-8-17(14-28)23-19-12-18(22-13-15-6-9-21-10-7-15)24-20(25-19)16-4-2-1-3-5-16/h1-7,9-10,12,17H,8,11,13-14H2,(H2,22,23,24,25). The quantitative estimate of drug-likeness (QED) is 0.662. The Morgan fingerprint density at radius 3 is 2.46 bits per heavy atom. The molecule has 4 rings (SSSR count). The zero-order valence-corrected chi connectivity index (χ0v) is 16.1. The van der Waals surface area contributed by atoms with Crippen LogP contribution in [0.4, 0.5) is 11.6 Å². The van der Waals surface area contributed by atoms with Crippen molar-refractivity contribution in [1.82, 2.24) is 15.0 Å². The van der Waals surface area contributed by atoms with Gasteiger partial charge in [-0.3, -0.25) is 4.98 Å². The second-order valence-electron chi connectivity index (χ2n) is 6.78. The van der Waals surface area contributed by atoms with E-state index in [1.165, 1.54) is 0 Å². The van der Waals surface area contributed by atoms with E-state index in [1.54, 1.807) is 12.4 Å². The first kappa shape index (κ1) is 18.4. The molecule has 28 heavy (non-hydrogen) atoms. The summed E-state index contributed by atoms with van der Waals surface area (Å²) in [6, 6.07) is 15.3. The normalized spacial score (nSPS) is 17.9. The molecule has 1 saturated heterocycles. The van der Waals surface area contributed by atoms with E-state index in [0.717, 1.165) is 11.1 Å². The largest absolute Gasteiger partial charge is 0.366 e. The molecule has 0 radical (unpaired) electrons. The van der Waals surface area contributed by atoms with E-state index >= 15 is 0 Å². The van der Waals surface area contributed by atoms with Crippen LogP contribution >= 0.6 is 0 Å². The molecular formula is C20H21N5O2S. The Bertz CT molecular complexity index is 1040. The predicted octanol–water partition coefficient (Wildman–Crippen LogP) is 2.75. The van der Waals surface area contributed by atoms with E-state index in [0.29, 0.717) is 30.4 Å². The minimum atomic E-state index is -2.96. The highest BCUT2D eigenvalue weighted by Gasteiger charge is 2.28. The summed E-state index contributed by atoms with van der Waals surface area (Å²) in [6.07, 6.45) is 4.09. The Hall–Kier alpha value is -3.00. The second kappa shape index (κ2) is 7.93. The van der Waals surface area contributed by atoms with Crippen LogP contribution in [-0.4, -0.2) is 40.9 Å². The number of benzene rings is 1. The molecule has 2 aromatic heterocycles. The zero-order chi connectivity index (χ0) is 19.4. The van der Waals surface area contributed by atoms with E-state index in [2.05, 4.69) is 25.6 Å². The number of anilines is 2. The van der Waals surface area contributed by atoms with Gasteiger partial charge >= 0.3 is 0 Å². The first-order valence-corrected chi connectivity index (χ1v) is 10.9. The van der Waals surface area contributed by atoms with Gasteiger partial charge in [0.05, 0.1) is 11.5 Å². The van der Waals surface area contributed by atoms with Crippen molar-refractivity contribution in [2.24, 2.45) is 0 Å². The van der Waals surface area contributed by atoms with Crippen molar-refractivity contribution < 1.29 is 8.42 Å². The monoisotopic (exact) mass is 395 g/mol. The van der Waals surface area contributed by atoms with Gasteiger partial charge in [-0.2, -0.15) is 0 Å². The minimum Gasteiger partial charge on any atom is -0.366 e. The molecular weight excluding hydrogens is 374 g/mol. The van der Waals surface area contributed by atoms with Crippen LogP contribution in [0.2, 0.25) is 0 Å². The van der Waals surface area contributed by atoms with Crippen LogP contribution in [0.15, 0.2) is 60.9 Å². The molecule has 0 bridgehead atoms. The highest BCUT2D eigenvalue weighted by molar-refractivity contribution is 7.91. The smallest absolute Gasteiger partial charge is 0.163 e. The third kappa shape index (κ3) is 4.64. The summed E-state index contributed by atoms with van der Waals surface area (Å²) in [5.74, 6) is 2.23. The summed E-state index contributed by atoms with van der Waals surface area (Å²) in [5, 5.41) is 6.58. The van der Waals surface area contributed by atoms with Crippen LogP contribution < -0.4 is 10.6 Å². The van der Waals surface area contributed by atoms with Gasteiger partial charge in [0.15, 0.2) is 15.7 Å². The number of nitrogens with zero attached hydrogens (tertiary/aromatic N) is 3. The topological polar surface area (TPSA) is 96.9 Å². The number of pyridine rings is 1. The Morgan fingerprint density at radius 2 is 1.75 bits per heavy atom. The molecule has 1 fully saturated rings. The predicted molar refractivity (Wildman–Crippen MR) is 110 cm³/mol. The molecule has 0 spiro atoms. The number of hydrogen-bond donors (Lipinski definition) is 2. The minimum absolute atomic E-state index is 0.128. The number of hydrogen-bond acceptors (Lipinski definition) is 7. The van der Waals surface area contributed by atoms with Gasteiger partial charge in [-0.1, -0.05) is 30.3 Å². The fourth-order valence-corrected chi connectivity index (χ4v) is 4.81. The van der Waals surface area contributed by atoms with E-state index in [-0.39, 0.29) is 17.5 Å². The number of nitrogens with one attached hydrogen (secondary N) is 2. The first-order chi connectivity index (χ1) is 13.6. The molecule has 1 unspecified atom stereocenters. The van der Waals surface area contributed by atoms with Crippen molar-refractivity contribution in [1.29, 1.82) is 0 Å². The van der Waals surface area contributed by atoms with Crippen molar-refractivity contribution in [3.63, 3.8) is 0 Å². The fourth-order valence-electron chi connectivity index (χ4n) is 3.14. The van der Waals surface area contributed by atoms with Crippen molar-refractivity contribution >= 4 is 21.5 Å². The van der Waals surface area contributed by atoms with Gasteiger partial charge in [-0.05, 0) is 24.1 Å². The van der Waals surface area contributed by atoms with E-state index in [4.69, 9.17) is 0 Å². The van der Waals surface area contributed by atoms with Crippen LogP contribution in [0.5, 0.6) is 0 Å². The molecule has 1 atom stereocenters. The number of rotatable bonds is 6. The summed E-state index contributed by atoms with van der Waals surface area (Å²) in [6.45, 7) is 0.602. The SMILES string of the molecule is O=S1(=O)CCC(Nc2cc(NCc3ccncc3)nc(-c3ccccc3)n2)C1. The van der Waals surface area contributed by atoms with E-state index < -0.39 is 9.84 Å². The summed E-state index contributed by atoms with van der Waals surface area (Å²) >= 11 is 0. The van der Waals surface area contributed by atoms with Gasteiger partial charge in [0.1, 0.15) is 11.6 Å². The Kier molecular flexibility index (Phi) is 5.21. The van der Waals surface area contributed by atoms with E-state index in [9.17, 15) is 8.42 Å². The zero-order valence-electron chi connectivity index (χ0n) is 15.2. The number of sulfone groups is 1. The van der Waals surface area contributed by atoms with Gasteiger partial charge in [-0.15, -0.1) is 0 Å². The van der Waals surface area contributed by atoms with E-state index in [1.807, 2.05) is 48.5 Å². The average Bonchev–Trinajstić information content (AvgIpc) is 3.06. The summed E-state index contributed by atoms with van der Waals surface area (Å²) < 4.78 is 23.5. The lowest BCUT2D eigenvalue weighted by Crippen LogP contribution is -2.21. The number of aromatic nitrogens is 3. The lowest BCUT2D eigenvalue weighted by atomic mass is 10.2. The molecule has 1 aliphatic heterocycles. The van der Waals surface area contributed by atoms with Gasteiger partial charge in [0, 0.05) is 36.6 Å². The van der Waals surface area contributed by atoms with Gasteiger partial charge in [0.2, 0.25) is 0 Å². The van der Waals surface area contributed by atoms with Gasteiger partial charge < -0.3 is 10.6 Å². The summed E-state index contributed by atoms with van der Waals surface area (Å²) in [5.41, 5.74) is 1.99. The maximum Gasteiger partial charge on any atom is 0.163 e. The molecule has 7 nitrogen and oxygen atoms in total. The van der Waals surface area contributed by atoms with Crippen molar-refractivity contribution in [2.45, 2.75) is 19.0 Å². The van der Waals surface area contributed by atoms with Gasteiger partial charge in [-0.25, -0.2) is 18.4 Å². The van der Waals surface area contributed by atoms with Crippen molar-refractivity contribution in [2.75, 3.05) is 22.1 Å². The van der Waals surface area contributed by atoms with Crippen LogP contribution in [0.25, 0.3) is 11.4 Å². The molecule has 2 N–H and O–H groups in total. The second-order valence-corrected chi connectivity index (χ2v) is 9.01. The Balaban J connectivity index is 1.59. The third-order valence-corrected chi connectivity index (χ3v) is 6.33. The molecule has 0 aliphatic carbocycles. The molecule has 0 amide bonds. The van der Waals surface area contributed by atoms with Crippen molar-refractivity contribution in [3.05, 3.63) is 66.5 Å². The fraction of sp³-hybridized carbons (Fsp3) is 0.250. The summed E-state index contributed by atoms with van der Waals surface area (Å²) in [7, 11) is -2.96. The van der Waals surface area contributed by atoms with Crippen molar-refractivity contribution in [3.8, 4) is 11.4 Å². The third-order valence-electron chi connectivity index (χ3n) is 4.57. The van der Waals surface area contributed by atoms with Gasteiger partial charge in [0.25, 0.3) is 0 Å². The van der Waals surface area contributed by atoms with Crippen LogP contribution in [0.1, 0.15) is 12.0 Å². The molecule has 3 heterocycles. The Labute approximate surface area is 164 Å². The van der Waals surface area contributed by atoms with Crippen LogP contribution in [0.3, 0.4) is 0 Å². The maximum atomic E-state index is 11.8. The first-order valence-electron chi connectivity index (χ1n) is 9.12. The molecule has 3 aromatic rings. The molecule has 8 heteroatoms. The highest BCUT2D eigenvalue weighted by Crippen LogP contribution is 2.23. The Morgan fingerprint density at radius 1 is 1.00 bits per heavy atom. The lowest BCUT2D eigenvalue weighted by molar-refractivity contribution is 0.602. The molecule has 144 valence electrons.